The average molecular weight is 224 g/mol. The van der Waals surface area contributed by atoms with Gasteiger partial charge in [-0.2, -0.15) is 0 Å². The molecule has 0 heterocycles. The SMILES string of the molecule is CCCCCC(CC)SS(C)(=O)=O. The summed E-state index contributed by atoms with van der Waals surface area (Å²) in [5.74, 6) is 0. The van der Waals surface area contributed by atoms with Crippen LogP contribution in [0.4, 0.5) is 0 Å². The highest BCUT2D eigenvalue weighted by atomic mass is 33.1. The summed E-state index contributed by atoms with van der Waals surface area (Å²) in [6.45, 7) is 4.21. The third-order valence-electron chi connectivity index (χ3n) is 1.90. The van der Waals surface area contributed by atoms with Crippen LogP contribution in [0.15, 0.2) is 0 Å². The second kappa shape index (κ2) is 6.71. The second-order valence-electron chi connectivity index (χ2n) is 3.33. The zero-order valence-corrected chi connectivity index (χ0v) is 10.4. The maximum absolute atomic E-state index is 11.0. The molecule has 13 heavy (non-hydrogen) atoms. The zero-order chi connectivity index (χ0) is 10.3. The lowest BCUT2D eigenvalue weighted by atomic mass is 10.1. The third kappa shape index (κ3) is 8.63. The summed E-state index contributed by atoms with van der Waals surface area (Å²) in [7, 11) is -1.73. The van der Waals surface area contributed by atoms with Crippen molar-refractivity contribution >= 4 is 19.7 Å². The molecule has 0 aromatic rings. The monoisotopic (exact) mass is 224 g/mol. The molecule has 0 fully saturated rings. The first kappa shape index (κ1) is 13.3. The van der Waals surface area contributed by atoms with Crippen molar-refractivity contribution in [1.29, 1.82) is 0 Å². The number of unbranched alkanes of at least 4 members (excludes halogenated alkanes) is 2. The molecule has 1 atom stereocenters. The minimum absolute atomic E-state index is 0.293. The first-order valence-electron chi connectivity index (χ1n) is 4.87. The topological polar surface area (TPSA) is 34.1 Å². The molecule has 0 amide bonds. The number of hydrogen-bond acceptors (Lipinski definition) is 3. The molecule has 0 rings (SSSR count). The summed E-state index contributed by atoms with van der Waals surface area (Å²) >= 11 is 0. The zero-order valence-electron chi connectivity index (χ0n) is 8.75. The van der Waals surface area contributed by atoms with Gasteiger partial charge in [-0.05, 0) is 23.6 Å². The van der Waals surface area contributed by atoms with Crippen molar-refractivity contribution < 1.29 is 8.42 Å². The Morgan fingerprint density at radius 1 is 1.23 bits per heavy atom. The summed E-state index contributed by atoms with van der Waals surface area (Å²) in [4.78, 5) is 0. The van der Waals surface area contributed by atoms with Gasteiger partial charge in [0, 0.05) is 11.5 Å². The van der Waals surface area contributed by atoms with E-state index in [0.29, 0.717) is 5.25 Å². The summed E-state index contributed by atoms with van der Waals surface area (Å²) in [6.07, 6.45) is 6.82. The van der Waals surface area contributed by atoms with Gasteiger partial charge in [0.1, 0.15) is 0 Å². The van der Waals surface area contributed by atoms with Crippen LogP contribution in [-0.2, 0) is 8.87 Å². The lowest BCUT2D eigenvalue weighted by molar-refractivity contribution is 0.612. The van der Waals surface area contributed by atoms with Crippen LogP contribution >= 0.6 is 10.8 Å². The molecule has 1 unspecified atom stereocenters. The normalized spacial score (nSPS) is 14.4. The van der Waals surface area contributed by atoms with Crippen molar-refractivity contribution in [3.63, 3.8) is 0 Å². The third-order valence-corrected chi connectivity index (χ3v) is 4.95. The Labute approximate surface area is 85.8 Å². The summed E-state index contributed by atoms with van der Waals surface area (Å²) in [6, 6.07) is 0. The van der Waals surface area contributed by atoms with Gasteiger partial charge in [0.05, 0.1) is 0 Å². The molecule has 0 radical (unpaired) electrons. The highest BCUT2D eigenvalue weighted by molar-refractivity contribution is 8.72. The summed E-state index contributed by atoms with van der Waals surface area (Å²) < 4.78 is 22.0. The Balaban J connectivity index is 3.77. The molecular formula is C9H20O2S2. The molecule has 0 aromatic carbocycles. The van der Waals surface area contributed by atoms with Crippen LogP contribution < -0.4 is 0 Å². The number of rotatable bonds is 7. The molecule has 0 aliphatic carbocycles. The minimum atomic E-state index is -2.86. The highest BCUT2D eigenvalue weighted by Crippen LogP contribution is 2.25. The van der Waals surface area contributed by atoms with Gasteiger partial charge in [0.15, 0.2) is 8.87 Å². The Morgan fingerprint density at radius 2 is 1.85 bits per heavy atom. The van der Waals surface area contributed by atoms with Crippen molar-refractivity contribution in [2.75, 3.05) is 6.26 Å². The van der Waals surface area contributed by atoms with E-state index in [1.807, 2.05) is 0 Å². The number of hydrogen-bond donors (Lipinski definition) is 0. The van der Waals surface area contributed by atoms with Gasteiger partial charge < -0.3 is 0 Å². The molecule has 0 aliphatic rings. The van der Waals surface area contributed by atoms with Crippen LogP contribution in [0.1, 0.15) is 46.0 Å². The predicted octanol–water partition coefficient (Wildman–Crippen LogP) is 3.04. The maximum Gasteiger partial charge on any atom is 0.198 e. The van der Waals surface area contributed by atoms with Crippen molar-refractivity contribution in [3.05, 3.63) is 0 Å². The van der Waals surface area contributed by atoms with E-state index in [2.05, 4.69) is 13.8 Å². The first-order chi connectivity index (χ1) is 5.99. The van der Waals surface area contributed by atoms with E-state index in [1.165, 1.54) is 19.1 Å². The average Bonchev–Trinajstić information content (AvgIpc) is 2.01. The van der Waals surface area contributed by atoms with Crippen LogP contribution in [0.3, 0.4) is 0 Å². The fourth-order valence-electron chi connectivity index (χ4n) is 1.19. The molecule has 2 nitrogen and oxygen atoms in total. The standard InChI is InChI=1S/C9H20O2S2/c1-4-6-7-8-9(5-2)12-13(3,10)11/h9H,4-8H2,1-3H3. The van der Waals surface area contributed by atoms with Gasteiger partial charge in [0.2, 0.25) is 0 Å². The molecule has 80 valence electrons. The molecule has 0 aliphatic heterocycles. The van der Waals surface area contributed by atoms with E-state index in [0.717, 1.165) is 30.1 Å². The molecule has 0 N–H and O–H groups in total. The first-order valence-corrected chi connectivity index (χ1v) is 8.16. The van der Waals surface area contributed by atoms with Gasteiger partial charge in [-0.15, -0.1) is 0 Å². The van der Waals surface area contributed by atoms with E-state index in [1.54, 1.807) is 0 Å². The fraction of sp³-hybridized carbons (Fsp3) is 1.00. The second-order valence-corrected chi connectivity index (χ2v) is 7.99. The largest absolute Gasteiger partial charge is 0.218 e. The molecule has 0 spiro atoms. The van der Waals surface area contributed by atoms with Gasteiger partial charge in [0.25, 0.3) is 0 Å². The van der Waals surface area contributed by atoms with Gasteiger partial charge in [-0.25, -0.2) is 8.42 Å². The van der Waals surface area contributed by atoms with Crippen molar-refractivity contribution in [3.8, 4) is 0 Å². The Bertz CT molecular complexity index is 210. The van der Waals surface area contributed by atoms with Gasteiger partial charge in [-0.1, -0.05) is 33.1 Å². The van der Waals surface area contributed by atoms with E-state index in [-0.39, 0.29) is 0 Å². The maximum atomic E-state index is 11.0. The minimum Gasteiger partial charge on any atom is -0.218 e. The van der Waals surface area contributed by atoms with Crippen LogP contribution in [0.5, 0.6) is 0 Å². The Kier molecular flexibility index (Phi) is 6.86. The highest BCUT2D eigenvalue weighted by Gasteiger charge is 2.13. The fourth-order valence-corrected chi connectivity index (χ4v) is 4.26. The molecule has 0 saturated heterocycles. The Morgan fingerprint density at radius 3 is 2.23 bits per heavy atom. The quantitative estimate of drug-likeness (QED) is 0.492. The Hall–Kier alpha value is 0.300. The lowest BCUT2D eigenvalue weighted by Gasteiger charge is -2.11. The molecule has 0 aromatic heterocycles. The summed E-state index contributed by atoms with van der Waals surface area (Å²) in [5, 5.41) is 0.293. The van der Waals surface area contributed by atoms with Crippen molar-refractivity contribution in [1.82, 2.24) is 0 Å². The molecule has 0 saturated carbocycles. The smallest absolute Gasteiger partial charge is 0.198 e. The van der Waals surface area contributed by atoms with Crippen molar-refractivity contribution in [2.24, 2.45) is 0 Å². The van der Waals surface area contributed by atoms with Crippen LogP contribution in [0.2, 0.25) is 0 Å². The molecule has 4 heteroatoms. The van der Waals surface area contributed by atoms with Crippen LogP contribution in [0, 0.1) is 0 Å². The predicted molar refractivity (Wildman–Crippen MR) is 60.7 cm³/mol. The van der Waals surface area contributed by atoms with Crippen LogP contribution in [0.25, 0.3) is 0 Å². The summed E-state index contributed by atoms with van der Waals surface area (Å²) in [5.41, 5.74) is 0. The van der Waals surface area contributed by atoms with Crippen LogP contribution in [-0.4, -0.2) is 19.9 Å². The van der Waals surface area contributed by atoms with Crippen molar-refractivity contribution in [2.45, 2.75) is 51.2 Å². The van der Waals surface area contributed by atoms with Gasteiger partial charge >= 0.3 is 0 Å². The molecular weight excluding hydrogens is 204 g/mol. The van der Waals surface area contributed by atoms with E-state index < -0.39 is 8.87 Å². The van der Waals surface area contributed by atoms with Gasteiger partial charge in [-0.3, -0.25) is 0 Å². The van der Waals surface area contributed by atoms with E-state index in [4.69, 9.17) is 0 Å². The van der Waals surface area contributed by atoms with E-state index >= 15 is 0 Å². The molecule has 0 bridgehead atoms. The van der Waals surface area contributed by atoms with E-state index in [9.17, 15) is 8.42 Å². The lowest BCUT2D eigenvalue weighted by Crippen LogP contribution is -2.05.